The first-order chi connectivity index (χ1) is 9.09. The predicted molar refractivity (Wildman–Crippen MR) is 60.9 cm³/mol. The summed E-state index contributed by atoms with van der Waals surface area (Å²) < 4.78 is 0. The molecule has 0 aliphatic heterocycles. The number of nitrogens with one attached hydrogen (secondary N) is 2. The van der Waals surface area contributed by atoms with Gasteiger partial charge in [-0.05, 0) is 13.8 Å². The van der Waals surface area contributed by atoms with E-state index in [-0.39, 0.29) is 59.1 Å². The van der Waals surface area contributed by atoms with Gasteiger partial charge in [0.05, 0.1) is 0 Å². The van der Waals surface area contributed by atoms with Gasteiger partial charge in [-0.1, -0.05) is 0 Å². The third-order valence-electron chi connectivity index (χ3n) is 0.761. The third-order valence-corrected chi connectivity index (χ3v) is 0.761. The number of carbonyl (C=O) groups is 4. The summed E-state index contributed by atoms with van der Waals surface area (Å²) in [5.41, 5.74) is 4.71. The smallest absolute Gasteiger partial charge is 0.550 e. The molecular weight excluding hydrogens is 322 g/mol. The van der Waals surface area contributed by atoms with Crippen molar-refractivity contribution in [3.63, 3.8) is 0 Å². The van der Waals surface area contributed by atoms with E-state index in [2.05, 4.69) is 20.6 Å². The Morgan fingerprint density at radius 2 is 0.909 bits per heavy atom. The van der Waals surface area contributed by atoms with Gasteiger partial charge in [0.25, 0.3) is 0 Å². The van der Waals surface area contributed by atoms with Crippen LogP contribution in [0.3, 0.4) is 0 Å². The maximum absolute atomic E-state index is 10.2. The van der Waals surface area contributed by atoms with Crippen LogP contribution in [-0.2, 0) is 28.9 Å². The van der Waals surface area contributed by atoms with E-state index in [4.69, 9.17) is 19.8 Å². The molecule has 0 bridgehead atoms. The third kappa shape index (κ3) is 90.4. The maximum atomic E-state index is 10.2. The molecule has 0 aromatic heterocycles. The number of rotatable bonds is 5. The first kappa shape index (κ1) is 33.4. The number of hydroxylamine groups is 2. The van der Waals surface area contributed by atoms with Crippen molar-refractivity contribution in [3.8, 4) is 0 Å². The van der Waals surface area contributed by atoms with E-state index in [1.165, 1.54) is 13.8 Å². The molecule has 0 heterocycles. The number of hydrogen-bond donors (Lipinski definition) is 2. The number of hydrogen-bond acceptors (Lipinski definition) is 10. The zero-order valence-corrected chi connectivity index (χ0v) is 17.7. The minimum absolute atomic E-state index is 0. The van der Waals surface area contributed by atoms with Crippen LogP contribution in [-0.4, -0.2) is 37.0 Å². The first-order valence-corrected chi connectivity index (χ1v) is 5.25. The topological polar surface area (TPSA) is 157 Å². The Balaban J connectivity index is -0.0000000812. The molecule has 0 radical (unpaired) electrons. The molecule has 0 saturated heterocycles. The summed E-state index contributed by atoms with van der Waals surface area (Å²) in [7, 11) is 0. The molecule has 0 amide bonds. The van der Waals surface area contributed by atoms with Crippen LogP contribution >= 0.6 is 0 Å². The molecule has 0 unspecified atom stereocenters. The van der Waals surface area contributed by atoms with Gasteiger partial charge in [0.2, 0.25) is 0 Å². The number of aliphatic carboxylic acids is 2. The van der Waals surface area contributed by atoms with E-state index >= 15 is 0 Å². The second kappa shape index (κ2) is 25.7. The Kier molecular flexibility index (Phi) is 39.1. The van der Waals surface area contributed by atoms with E-state index < -0.39 is 23.9 Å². The van der Waals surface area contributed by atoms with Crippen molar-refractivity contribution in [2.45, 2.75) is 27.7 Å². The average molecular weight is 340 g/mol. The minimum atomic E-state index is -1.08. The van der Waals surface area contributed by atoms with Crippen LogP contribution in [0.1, 0.15) is 27.7 Å². The van der Waals surface area contributed by atoms with Crippen LogP contribution in [0.4, 0.5) is 0 Å². The standard InChI is InChI=1S/C6H12N2O4.2C2H4O2.2Na/c1-5(9)11-7-3-4-8-12-6(2)10;2*1-2(3)4;;/h7-8H,3-4H2,1-2H3;2*1H3,(H,3,4);;/q;;;2*+1/p-2. The van der Waals surface area contributed by atoms with Crippen molar-refractivity contribution < 1.29 is 98.2 Å². The maximum Gasteiger partial charge on any atom is 1.00 e. The minimum Gasteiger partial charge on any atom is -0.550 e. The fourth-order valence-electron chi connectivity index (χ4n) is 0.407. The monoisotopic (exact) mass is 340 g/mol. The van der Waals surface area contributed by atoms with Crippen molar-refractivity contribution in [1.29, 1.82) is 0 Å². The second-order valence-corrected chi connectivity index (χ2v) is 2.96. The molecule has 22 heavy (non-hydrogen) atoms. The van der Waals surface area contributed by atoms with Crippen molar-refractivity contribution in [2.75, 3.05) is 13.1 Å². The van der Waals surface area contributed by atoms with Crippen molar-refractivity contribution in [1.82, 2.24) is 11.0 Å². The molecule has 118 valence electrons. The normalized spacial score (nSPS) is 7.27. The average Bonchev–Trinajstić information content (AvgIpc) is 2.20. The Morgan fingerprint density at radius 1 is 0.727 bits per heavy atom. The molecule has 0 aliphatic carbocycles. The van der Waals surface area contributed by atoms with Crippen LogP contribution in [0.5, 0.6) is 0 Å². The number of carbonyl (C=O) groups excluding carboxylic acids is 4. The summed E-state index contributed by atoms with van der Waals surface area (Å²) in [6.07, 6.45) is 0. The Bertz CT molecular complexity index is 277. The van der Waals surface area contributed by atoms with E-state index in [1.807, 2.05) is 0 Å². The molecule has 0 aromatic rings. The van der Waals surface area contributed by atoms with Crippen LogP contribution < -0.4 is 80.3 Å². The van der Waals surface area contributed by atoms with Gasteiger partial charge in [0.15, 0.2) is 0 Å². The SMILES string of the molecule is CC(=O)ONCCNOC(C)=O.CC(=O)[O-].CC(=O)[O-].[Na+].[Na+]. The summed E-state index contributed by atoms with van der Waals surface area (Å²) in [5, 5.41) is 17.8. The zero-order valence-electron chi connectivity index (χ0n) is 13.7. The van der Waals surface area contributed by atoms with Gasteiger partial charge in [-0.3, -0.25) is 9.59 Å². The van der Waals surface area contributed by atoms with Gasteiger partial charge in [0.1, 0.15) is 0 Å². The Hall–Kier alpha value is -0.200. The number of carboxylic acids is 2. The van der Waals surface area contributed by atoms with E-state index in [0.29, 0.717) is 13.1 Å². The first-order valence-electron chi connectivity index (χ1n) is 5.25. The van der Waals surface area contributed by atoms with E-state index in [0.717, 1.165) is 13.8 Å². The zero-order chi connectivity index (χ0) is 16.6. The van der Waals surface area contributed by atoms with E-state index in [1.54, 1.807) is 0 Å². The van der Waals surface area contributed by atoms with Gasteiger partial charge in [-0.2, -0.15) is 11.0 Å². The molecule has 0 fully saturated rings. The summed E-state index contributed by atoms with van der Waals surface area (Å²) in [4.78, 5) is 46.9. The van der Waals surface area contributed by atoms with Crippen LogP contribution in [0, 0.1) is 0 Å². The summed E-state index contributed by atoms with van der Waals surface area (Å²) >= 11 is 0. The molecule has 12 heteroatoms. The second-order valence-electron chi connectivity index (χ2n) is 2.96. The van der Waals surface area contributed by atoms with E-state index in [9.17, 15) is 9.59 Å². The van der Waals surface area contributed by atoms with Gasteiger partial charge >= 0.3 is 71.1 Å². The van der Waals surface area contributed by atoms with Crippen LogP contribution in [0.2, 0.25) is 0 Å². The molecule has 0 aromatic carbocycles. The summed E-state index contributed by atoms with van der Waals surface area (Å²) in [6, 6.07) is 0. The fourth-order valence-corrected chi connectivity index (χ4v) is 0.407. The molecule has 0 atom stereocenters. The Morgan fingerprint density at radius 3 is 1.05 bits per heavy atom. The van der Waals surface area contributed by atoms with Crippen molar-refractivity contribution in [3.05, 3.63) is 0 Å². The van der Waals surface area contributed by atoms with Crippen molar-refractivity contribution >= 4 is 23.9 Å². The fraction of sp³-hybridized carbons (Fsp3) is 0.600. The van der Waals surface area contributed by atoms with Crippen molar-refractivity contribution in [2.24, 2.45) is 0 Å². The Labute approximate surface area is 172 Å². The summed E-state index contributed by atoms with van der Waals surface area (Å²) in [6.45, 7) is 5.25. The molecule has 0 saturated carbocycles. The largest absolute Gasteiger partial charge is 1.00 e. The van der Waals surface area contributed by atoms with Crippen LogP contribution in [0.15, 0.2) is 0 Å². The van der Waals surface area contributed by atoms with Gasteiger partial charge in [0, 0.05) is 38.9 Å². The molecule has 10 nitrogen and oxygen atoms in total. The van der Waals surface area contributed by atoms with Gasteiger partial charge in [-0.15, -0.1) is 0 Å². The van der Waals surface area contributed by atoms with Gasteiger partial charge < -0.3 is 29.5 Å². The predicted octanol–water partition coefficient (Wildman–Crippen LogP) is -9.36. The molecular formula is C10H18N2Na2O8. The van der Waals surface area contributed by atoms with Crippen LogP contribution in [0.25, 0.3) is 0 Å². The number of carboxylic acid groups (broad SMARTS) is 2. The summed E-state index contributed by atoms with van der Waals surface area (Å²) in [5.74, 6) is -3.00. The molecule has 2 N–H and O–H groups in total. The van der Waals surface area contributed by atoms with Gasteiger partial charge in [-0.25, -0.2) is 0 Å². The quantitative estimate of drug-likeness (QED) is 0.280. The molecule has 0 spiro atoms. The molecule has 0 rings (SSSR count). The molecule has 0 aliphatic rings.